The highest BCUT2D eigenvalue weighted by Gasteiger charge is 2.24. The maximum atomic E-state index is 13.8. The Hall–Kier alpha value is -2.48. The van der Waals surface area contributed by atoms with Gasteiger partial charge in [0.2, 0.25) is 6.79 Å². The second-order valence-corrected chi connectivity index (χ2v) is 6.78. The molecule has 0 saturated heterocycles. The van der Waals surface area contributed by atoms with Crippen molar-refractivity contribution in [3.05, 3.63) is 42.2 Å². The van der Waals surface area contributed by atoms with Gasteiger partial charge in [-0.2, -0.15) is 0 Å². The van der Waals surface area contributed by atoms with Gasteiger partial charge in [0.05, 0.1) is 17.7 Å². The van der Waals surface area contributed by atoms with E-state index in [4.69, 9.17) is 14.2 Å². The Labute approximate surface area is 133 Å². The van der Waals surface area contributed by atoms with Gasteiger partial charge in [-0.05, 0) is 30.3 Å². The van der Waals surface area contributed by atoms with Crippen molar-refractivity contribution >= 4 is 15.7 Å². The minimum Gasteiger partial charge on any atom is -0.494 e. The zero-order chi connectivity index (χ0) is 16.6. The number of hydrogen-bond acceptors (Lipinski definition) is 5. The molecule has 0 saturated carbocycles. The Morgan fingerprint density at radius 2 is 1.87 bits per heavy atom. The molecule has 1 aliphatic heterocycles. The summed E-state index contributed by atoms with van der Waals surface area (Å²) < 4.78 is 55.3. The molecule has 23 heavy (non-hydrogen) atoms. The van der Waals surface area contributed by atoms with E-state index in [9.17, 15) is 12.8 Å². The fourth-order valence-corrected chi connectivity index (χ4v) is 3.39. The van der Waals surface area contributed by atoms with Crippen molar-refractivity contribution in [2.75, 3.05) is 25.3 Å². The molecule has 0 N–H and O–H groups in total. The number of benzene rings is 2. The lowest BCUT2D eigenvalue weighted by atomic mass is 10.3. The Kier molecular flexibility index (Phi) is 3.77. The van der Waals surface area contributed by atoms with E-state index in [1.165, 1.54) is 26.3 Å². The zero-order valence-corrected chi connectivity index (χ0v) is 13.3. The first kappa shape index (κ1) is 15.4. The third-order valence-corrected chi connectivity index (χ3v) is 5.28. The molecule has 3 rings (SSSR count). The summed E-state index contributed by atoms with van der Waals surface area (Å²) in [7, 11) is -1.22. The number of sulfonamides is 1. The molecule has 1 aliphatic rings. The number of halogens is 1. The van der Waals surface area contributed by atoms with Crippen molar-refractivity contribution in [1.29, 1.82) is 0 Å². The van der Waals surface area contributed by atoms with Gasteiger partial charge in [-0.3, -0.25) is 4.31 Å². The molecule has 0 atom stereocenters. The van der Waals surface area contributed by atoms with E-state index in [2.05, 4.69) is 0 Å². The molecule has 0 unspecified atom stereocenters. The van der Waals surface area contributed by atoms with Gasteiger partial charge in [0, 0.05) is 13.1 Å². The standard InChI is InChI=1S/C15H14FNO5S/c1-17(10-3-5-14-15(7-10)22-9-21-14)23(18,19)11-4-6-13(20-2)12(16)8-11/h3-8H,9H2,1-2H3. The highest BCUT2D eigenvalue weighted by Crippen LogP contribution is 2.36. The van der Waals surface area contributed by atoms with Crippen LogP contribution in [0.4, 0.5) is 10.1 Å². The summed E-state index contributed by atoms with van der Waals surface area (Å²) in [5.74, 6) is 0.253. The largest absolute Gasteiger partial charge is 0.494 e. The molecule has 8 heteroatoms. The van der Waals surface area contributed by atoms with Gasteiger partial charge in [0.15, 0.2) is 23.1 Å². The van der Waals surface area contributed by atoms with E-state index in [1.54, 1.807) is 18.2 Å². The first-order valence-electron chi connectivity index (χ1n) is 6.65. The summed E-state index contributed by atoms with van der Waals surface area (Å²) in [6.45, 7) is 0.0962. The van der Waals surface area contributed by atoms with Crippen molar-refractivity contribution in [1.82, 2.24) is 0 Å². The average Bonchev–Trinajstić information content (AvgIpc) is 3.01. The van der Waals surface area contributed by atoms with Crippen molar-refractivity contribution in [3.8, 4) is 17.2 Å². The molecular formula is C15H14FNO5S. The van der Waals surface area contributed by atoms with Crippen LogP contribution >= 0.6 is 0 Å². The Morgan fingerprint density at radius 3 is 2.57 bits per heavy atom. The molecule has 0 amide bonds. The topological polar surface area (TPSA) is 65.1 Å². The van der Waals surface area contributed by atoms with Crippen LogP contribution in [-0.4, -0.2) is 29.4 Å². The first-order valence-corrected chi connectivity index (χ1v) is 8.09. The molecule has 0 bridgehead atoms. The Bertz CT molecular complexity index is 853. The molecule has 0 radical (unpaired) electrons. The van der Waals surface area contributed by atoms with E-state index < -0.39 is 15.8 Å². The van der Waals surface area contributed by atoms with Gasteiger partial charge in [-0.15, -0.1) is 0 Å². The normalized spacial score (nSPS) is 13.0. The van der Waals surface area contributed by atoms with Gasteiger partial charge in [-0.25, -0.2) is 12.8 Å². The van der Waals surface area contributed by atoms with Gasteiger partial charge in [0.1, 0.15) is 0 Å². The second-order valence-electron chi connectivity index (χ2n) is 4.81. The molecule has 6 nitrogen and oxygen atoms in total. The van der Waals surface area contributed by atoms with Crippen molar-refractivity contribution < 1.29 is 27.0 Å². The van der Waals surface area contributed by atoms with Crippen molar-refractivity contribution in [2.45, 2.75) is 4.90 Å². The van der Waals surface area contributed by atoms with Crippen LogP contribution in [0.15, 0.2) is 41.3 Å². The maximum Gasteiger partial charge on any atom is 0.264 e. The number of rotatable bonds is 4. The van der Waals surface area contributed by atoms with Crippen LogP contribution in [0.2, 0.25) is 0 Å². The molecule has 0 aromatic heterocycles. The summed E-state index contributed by atoms with van der Waals surface area (Å²) in [5, 5.41) is 0. The fourth-order valence-electron chi connectivity index (χ4n) is 2.19. The third kappa shape index (κ3) is 2.65. The van der Waals surface area contributed by atoms with E-state index in [0.717, 1.165) is 10.4 Å². The number of hydrogen-bond donors (Lipinski definition) is 0. The second kappa shape index (κ2) is 5.62. The van der Waals surface area contributed by atoms with Gasteiger partial charge in [-0.1, -0.05) is 0 Å². The number of ether oxygens (including phenoxy) is 3. The minimum atomic E-state index is -3.92. The average molecular weight is 339 g/mol. The minimum absolute atomic E-state index is 0.0188. The third-order valence-electron chi connectivity index (χ3n) is 3.50. The highest BCUT2D eigenvalue weighted by atomic mass is 32.2. The first-order chi connectivity index (χ1) is 10.9. The monoisotopic (exact) mass is 339 g/mol. The molecule has 0 aliphatic carbocycles. The summed E-state index contributed by atoms with van der Waals surface area (Å²) >= 11 is 0. The molecule has 1 heterocycles. The number of nitrogens with zero attached hydrogens (tertiary/aromatic N) is 1. The van der Waals surface area contributed by atoms with Gasteiger partial charge < -0.3 is 14.2 Å². The van der Waals surface area contributed by atoms with Crippen LogP contribution in [0.5, 0.6) is 17.2 Å². The van der Waals surface area contributed by atoms with Crippen LogP contribution in [0.3, 0.4) is 0 Å². The summed E-state index contributed by atoms with van der Waals surface area (Å²) in [4.78, 5) is -0.170. The molecule has 0 fully saturated rings. The van der Waals surface area contributed by atoms with E-state index >= 15 is 0 Å². The number of methoxy groups -OCH3 is 1. The summed E-state index contributed by atoms with van der Waals surface area (Å²) in [6.07, 6.45) is 0. The van der Waals surface area contributed by atoms with E-state index in [-0.39, 0.29) is 17.4 Å². The highest BCUT2D eigenvalue weighted by molar-refractivity contribution is 7.92. The Morgan fingerprint density at radius 1 is 1.13 bits per heavy atom. The van der Waals surface area contributed by atoms with Crippen LogP contribution in [0.1, 0.15) is 0 Å². The smallest absolute Gasteiger partial charge is 0.264 e. The lowest BCUT2D eigenvalue weighted by molar-refractivity contribution is 0.174. The van der Waals surface area contributed by atoms with Gasteiger partial charge >= 0.3 is 0 Å². The van der Waals surface area contributed by atoms with Crippen molar-refractivity contribution in [3.63, 3.8) is 0 Å². The predicted octanol–water partition coefficient (Wildman–Crippen LogP) is 2.39. The molecule has 122 valence electrons. The van der Waals surface area contributed by atoms with Crippen LogP contribution in [-0.2, 0) is 10.0 Å². The molecule has 2 aromatic carbocycles. The molecular weight excluding hydrogens is 325 g/mol. The van der Waals surface area contributed by atoms with E-state index in [1.807, 2.05) is 0 Å². The van der Waals surface area contributed by atoms with Crippen LogP contribution in [0.25, 0.3) is 0 Å². The van der Waals surface area contributed by atoms with Gasteiger partial charge in [0.25, 0.3) is 10.0 Å². The van der Waals surface area contributed by atoms with Crippen LogP contribution in [0, 0.1) is 5.82 Å². The molecule has 0 spiro atoms. The quantitative estimate of drug-likeness (QED) is 0.856. The summed E-state index contributed by atoms with van der Waals surface area (Å²) in [6, 6.07) is 8.26. The molecule has 2 aromatic rings. The zero-order valence-electron chi connectivity index (χ0n) is 12.4. The lowest BCUT2D eigenvalue weighted by Gasteiger charge is -2.20. The van der Waals surface area contributed by atoms with Crippen molar-refractivity contribution in [2.24, 2.45) is 0 Å². The predicted molar refractivity (Wildman–Crippen MR) is 81.1 cm³/mol. The number of anilines is 1. The summed E-state index contributed by atoms with van der Waals surface area (Å²) in [5.41, 5.74) is 0.380. The number of fused-ring (bicyclic) bond motifs is 1. The SMILES string of the molecule is COc1ccc(S(=O)(=O)N(C)c2ccc3c(c2)OCO3)cc1F. The fraction of sp³-hybridized carbons (Fsp3) is 0.200. The lowest BCUT2D eigenvalue weighted by Crippen LogP contribution is -2.26. The Balaban J connectivity index is 1.97. The maximum absolute atomic E-state index is 13.8. The van der Waals surface area contributed by atoms with E-state index in [0.29, 0.717) is 17.2 Å². The van der Waals surface area contributed by atoms with Crippen LogP contribution < -0.4 is 18.5 Å².